The minimum Gasteiger partial charge on any atom is -0.496 e. The molecule has 0 bridgehead atoms. The van der Waals surface area contributed by atoms with Crippen molar-refractivity contribution in [2.24, 2.45) is 5.41 Å². The molecule has 0 saturated carbocycles. The van der Waals surface area contributed by atoms with Gasteiger partial charge in [0.2, 0.25) is 0 Å². The molecule has 0 aliphatic rings. The van der Waals surface area contributed by atoms with Crippen LogP contribution in [0.1, 0.15) is 45.7 Å². The van der Waals surface area contributed by atoms with Crippen molar-refractivity contribution in [1.29, 1.82) is 0 Å². The molecule has 0 fully saturated rings. The first-order valence-electron chi connectivity index (χ1n) is 7.00. The summed E-state index contributed by atoms with van der Waals surface area (Å²) in [5, 5.41) is 13.1. The van der Waals surface area contributed by atoms with Gasteiger partial charge in [-0.05, 0) is 59.3 Å². The summed E-state index contributed by atoms with van der Waals surface area (Å²) in [5.74, 6) is 0.843. The Balaban J connectivity index is 2.63. The molecule has 114 valence electrons. The number of ether oxygens (including phenoxy) is 1. The third-order valence-electron chi connectivity index (χ3n) is 3.41. The van der Waals surface area contributed by atoms with Crippen molar-refractivity contribution in [1.82, 2.24) is 5.32 Å². The Bertz CT molecular complexity index is 432. The van der Waals surface area contributed by atoms with Gasteiger partial charge in [-0.3, -0.25) is 0 Å². The lowest BCUT2D eigenvalue weighted by Gasteiger charge is -2.28. The van der Waals surface area contributed by atoms with Gasteiger partial charge in [0, 0.05) is 12.6 Å². The molecule has 1 rings (SSSR count). The number of hydrogen-bond acceptors (Lipinski definition) is 3. The summed E-state index contributed by atoms with van der Waals surface area (Å²) >= 11 is 3.51. The SMILES string of the molecule is COc1ccc(C(C)NCC(C)(C)CC(C)O)cc1Br. The molecule has 0 aliphatic carbocycles. The zero-order valence-corrected chi connectivity index (χ0v) is 14.6. The van der Waals surface area contributed by atoms with Gasteiger partial charge in [0.25, 0.3) is 0 Å². The van der Waals surface area contributed by atoms with Gasteiger partial charge in [-0.1, -0.05) is 19.9 Å². The van der Waals surface area contributed by atoms with Gasteiger partial charge >= 0.3 is 0 Å². The van der Waals surface area contributed by atoms with Crippen LogP contribution < -0.4 is 10.1 Å². The van der Waals surface area contributed by atoms with Crippen LogP contribution in [-0.4, -0.2) is 24.9 Å². The molecular weight excluding hydrogens is 318 g/mol. The average molecular weight is 344 g/mol. The molecule has 0 spiro atoms. The second-order valence-electron chi connectivity index (χ2n) is 6.21. The van der Waals surface area contributed by atoms with Crippen LogP contribution in [-0.2, 0) is 0 Å². The largest absolute Gasteiger partial charge is 0.496 e. The molecule has 0 radical (unpaired) electrons. The summed E-state index contributed by atoms with van der Waals surface area (Å²) in [6.07, 6.45) is 0.524. The van der Waals surface area contributed by atoms with E-state index >= 15 is 0 Å². The number of benzene rings is 1. The van der Waals surface area contributed by atoms with E-state index in [-0.39, 0.29) is 17.6 Å². The normalized spacial score (nSPS) is 14.9. The maximum atomic E-state index is 9.52. The molecule has 0 amide bonds. The highest BCUT2D eigenvalue weighted by molar-refractivity contribution is 9.10. The van der Waals surface area contributed by atoms with Gasteiger partial charge in [-0.25, -0.2) is 0 Å². The summed E-state index contributed by atoms with van der Waals surface area (Å²) < 4.78 is 6.21. The highest BCUT2D eigenvalue weighted by atomic mass is 79.9. The van der Waals surface area contributed by atoms with E-state index in [2.05, 4.69) is 54.2 Å². The molecule has 0 saturated heterocycles. The van der Waals surface area contributed by atoms with E-state index in [9.17, 15) is 5.11 Å². The Kier molecular flexibility index (Phi) is 6.49. The molecule has 4 heteroatoms. The van der Waals surface area contributed by atoms with Crippen LogP contribution in [0.3, 0.4) is 0 Å². The Labute approximate surface area is 130 Å². The highest BCUT2D eigenvalue weighted by Crippen LogP contribution is 2.29. The van der Waals surface area contributed by atoms with Gasteiger partial charge in [0.05, 0.1) is 17.7 Å². The lowest BCUT2D eigenvalue weighted by atomic mass is 9.86. The van der Waals surface area contributed by atoms with Crippen molar-refractivity contribution >= 4 is 15.9 Å². The second-order valence-corrected chi connectivity index (χ2v) is 7.07. The summed E-state index contributed by atoms with van der Waals surface area (Å²) in [7, 11) is 1.67. The van der Waals surface area contributed by atoms with Crippen LogP contribution in [0.5, 0.6) is 5.75 Å². The van der Waals surface area contributed by atoms with Crippen LogP contribution in [0.2, 0.25) is 0 Å². The van der Waals surface area contributed by atoms with Gasteiger partial charge in [-0.2, -0.15) is 0 Å². The van der Waals surface area contributed by atoms with Gasteiger partial charge in [-0.15, -0.1) is 0 Å². The monoisotopic (exact) mass is 343 g/mol. The van der Waals surface area contributed by atoms with Gasteiger partial charge < -0.3 is 15.2 Å². The third kappa shape index (κ3) is 5.43. The number of nitrogens with one attached hydrogen (secondary N) is 1. The molecular formula is C16H26BrNO2. The summed E-state index contributed by atoms with van der Waals surface area (Å²) in [6, 6.07) is 6.38. The smallest absolute Gasteiger partial charge is 0.133 e. The van der Waals surface area contributed by atoms with Crippen LogP contribution in [0.15, 0.2) is 22.7 Å². The van der Waals surface area contributed by atoms with E-state index in [1.54, 1.807) is 7.11 Å². The molecule has 1 aromatic rings. The van der Waals surface area contributed by atoms with E-state index < -0.39 is 0 Å². The Morgan fingerprint density at radius 3 is 2.50 bits per heavy atom. The fourth-order valence-corrected chi connectivity index (χ4v) is 2.93. The second kappa shape index (κ2) is 7.43. The standard InChI is InChI=1S/C16H26BrNO2/c1-11(19)9-16(3,4)10-18-12(2)13-6-7-15(20-5)14(17)8-13/h6-8,11-12,18-19H,9-10H2,1-5H3. The van der Waals surface area contributed by atoms with Gasteiger partial charge in [0.15, 0.2) is 0 Å². The maximum absolute atomic E-state index is 9.52. The van der Waals surface area contributed by atoms with Gasteiger partial charge in [0.1, 0.15) is 5.75 Å². The van der Waals surface area contributed by atoms with E-state index in [1.807, 2.05) is 13.0 Å². The minimum absolute atomic E-state index is 0.0755. The van der Waals surface area contributed by atoms with Crippen LogP contribution in [0.4, 0.5) is 0 Å². The highest BCUT2D eigenvalue weighted by Gasteiger charge is 2.21. The number of halogens is 1. The van der Waals surface area contributed by atoms with Crippen molar-refractivity contribution in [3.63, 3.8) is 0 Å². The van der Waals surface area contributed by atoms with E-state index in [1.165, 1.54) is 5.56 Å². The van der Waals surface area contributed by atoms with Crippen LogP contribution >= 0.6 is 15.9 Å². The Hall–Kier alpha value is -0.580. The average Bonchev–Trinajstić information content (AvgIpc) is 2.34. The van der Waals surface area contributed by atoms with Crippen molar-refractivity contribution in [3.8, 4) is 5.75 Å². The zero-order chi connectivity index (χ0) is 15.3. The first-order valence-corrected chi connectivity index (χ1v) is 7.79. The van der Waals surface area contributed by atoms with Crippen molar-refractivity contribution in [3.05, 3.63) is 28.2 Å². The first-order chi connectivity index (χ1) is 9.25. The van der Waals surface area contributed by atoms with Crippen molar-refractivity contribution in [2.45, 2.75) is 46.3 Å². The summed E-state index contributed by atoms with van der Waals surface area (Å²) in [6.45, 7) is 9.19. The first kappa shape index (κ1) is 17.5. The molecule has 0 heterocycles. The topological polar surface area (TPSA) is 41.5 Å². The Morgan fingerprint density at radius 2 is 2.00 bits per heavy atom. The predicted molar refractivity (Wildman–Crippen MR) is 87.2 cm³/mol. The lowest BCUT2D eigenvalue weighted by Crippen LogP contribution is -2.33. The number of rotatable bonds is 7. The molecule has 3 nitrogen and oxygen atoms in total. The van der Waals surface area contributed by atoms with Crippen molar-refractivity contribution < 1.29 is 9.84 Å². The fourth-order valence-electron chi connectivity index (χ4n) is 2.37. The summed E-state index contributed by atoms with van der Waals surface area (Å²) in [5.41, 5.74) is 1.29. The fraction of sp³-hybridized carbons (Fsp3) is 0.625. The number of hydrogen-bond donors (Lipinski definition) is 2. The van der Waals surface area contributed by atoms with E-state index in [0.717, 1.165) is 23.2 Å². The van der Waals surface area contributed by atoms with E-state index in [0.29, 0.717) is 0 Å². The zero-order valence-electron chi connectivity index (χ0n) is 13.0. The molecule has 2 atom stereocenters. The minimum atomic E-state index is -0.266. The van der Waals surface area contributed by atoms with Crippen LogP contribution in [0, 0.1) is 5.41 Å². The Morgan fingerprint density at radius 1 is 1.35 bits per heavy atom. The van der Waals surface area contributed by atoms with Crippen LogP contribution in [0.25, 0.3) is 0 Å². The lowest BCUT2D eigenvalue weighted by molar-refractivity contribution is 0.127. The molecule has 1 aromatic carbocycles. The van der Waals surface area contributed by atoms with E-state index in [4.69, 9.17) is 4.74 Å². The molecule has 2 N–H and O–H groups in total. The molecule has 2 unspecified atom stereocenters. The molecule has 0 aromatic heterocycles. The maximum Gasteiger partial charge on any atom is 0.133 e. The quantitative estimate of drug-likeness (QED) is 0.788. The molecule has 20 heavy (non-hydrogen) atoms. The van der Waals surface area contributed by atoms with Crippen molar-refractivity contribution in [2.75, 3.05) is 13.7 Å². The molecule has 0 aliphatic heterocycles. The number of methoxy groups -OCH3 is 1. The number of aliphatic hydroxyl groups excluding tert-OH is 1. The third-order valence-corrected chi connectivity index (χ3v) is 4.03. The summed E-state index contributed by atoms with van der Waals surface area (Å²) in [4.78, 5) is 0. The number of aliphatic hydroxyl groups is 1. The predicted octanol–water partition coefficient (Wildman–Crippen LogP) is 3.91.